The molecule has 2 rings (SSSR count). The summed E-state index contributed by atoms with van der Waals surface area (Å²) in [6.45, 7) is -0.0534. The molecule has 0 amide bonds. The van der Waals surface area contributed by atoms with Gasteiger partial charge in [-0.2, -0.15) is 0 Å². The molecular formula is C13H15Cl2NO2. The topological polar surface area (TPSA) is 59.4 Å². The van der Waals surface area contributed by atoms with E-state index < -0.39 is 0 Å². The first-order valence-corrected chi connectivity index (χ1v) is 5.78. The number of halogens is 2. The van der Waals surface area contributed by atoms with Gasteiger partial charge in [-0.15, -0.1) is 12.4 Å². The van der Waals surface area contributed by atoms with Crippen LogP contribution in [0.15, 0.2) is 40.8 Å². The quantitative estimate of drug-likeness (QED) is 0.909. The van der Waals surface area contributed by atoms with Crippen molar-refractivity contribution in [1.29, 1.82) is 0 Å². The van der Waals surface area contributed by atoms with E-state index in [-0.39, 0.29) is 25.1 Å². The fourth-order valence-corrected chi connectivity index (χ4v) is 1.85. The Morgan fingerprint density at radius 3 is 2.61 bits per heavy atom. The van der Waals surface area contributed by atoms with E-state index in [0.29, 0.717) is 11.4 Å². The van der Waals surface area contributed by atoms with E-state index in [1.165, 1.54) is 0 Å². The lowest BCUT2D eigenvalue weighted by Gasteiger charge is -2.04. The molecule has 18 heavy (non-hydrogen) atoms. The number of hydrogen-bond donors (Lipinski definition) is 2. The van der Waals surface area contributed by atoms with E-state index in [1.807, 2.05) is 36.4 Å². The molecule has 0 bridgehead atoms. The summed E-state index contributed by atoms with van der Waals surface area (Å²) in [5.74, 6) is 1.47. The van der Waals surface area contributed by atoms with Crippen molar-refractivity contribution in [3.63, 3.8) is 0 Å². The summed E-state index contributed by atoms with van der Waals surface area (Å²) < 4.78 is 5.65. The van der Waals surface area contributed by atoms with Gasteiger partial charge in [-0.3, -0.25) is 0 Å². The average molecular weight is 288 g/mol. The highest BCUT2D eigenvalue weighted by Gasteiger charge is 2.10. The summed E-state index contributed by atoms with van der Waals surface area (Å²) in [7, 11) is 0. The lowest BCUT2D eigenvalue weighted by Crippen LogP contribution is -2.26. The van der Waals surface area contributed by atoms with E-state index >= 15 is 0 Å². The van der Waals surface area contributed by atoms with Gasteiger partial charge in [0.15, 0.2) is 0 Å². The zero-order valence-electron chi connectivity index (χ0n) is 9.67. The second-order valence-electron chi connectivity index (χ2n) is 3.89. The van der Waals surface area contributed by atoms with Crippen LogP contribution < -0.4 is 5.73 Å². The molecule has 1 heterocycles. The minimum absolute atomic E-state index is 0. The van der Waals surface area contributed by atoms with Gasteiger partial charge in [0.25, 0.3) is 0 Å². The number of nitrogens with two attached hydrogens (primary N) is 1. The van der Waals surface area contributed by atoms with Crippen LogP contribution in [0, 0.1) is 0 Å². The molecule has 0 aliphatic heterocycles. The highest BCUT2D eigenvalue weighted by Crippen LogP contribution is 2.29. The third kappa shape index (κ3) is 3.50. The van der Waals surface area contributed by atoms with Gasteiger partial charge < -0.3 is 15.3 Å². The van der Waals surface area contributed by atoms with Crippen LogP contribution in [0.1, 0.15) is 5.76 Å². The van der Waals surface area contributed by atoms with E-state index in [0.717, 1.165) is 17.1 Å². The Balaban J connectivity index is 0.00000162. The lowest BCUT2D eigenvalue weighted by atomic mass is 10.2. The van der Waals surface area contributed by atoms with Gasteiger partial charge in [-0.25, -0.2) is 0 Å². The normalized spacial score (nSPS) is 11.9. The molecule has 2 aromatic rings. The molecule has 1 atom stereocenters. The van der Waals surface area contributed by atoms with Gasteiger partial charge in [0.2, 0.25) is 0 Å². The molecule has 1 unspecified atom stereocenters. The molecule has 0 saturated carbocycles. The molecule has 0 radical (unpaired) electrons. The van der Waals surface area contributed by atoms with E-state index in [1.54, 1.807) is 0 Å². The second-order valence-corrected chi connectivity index (χ2v) is 4.30. The fraction of sp³-hybridized carbons (Fsp3) is 0.231. The molecule has 98 valence electrons. The maximum atomic E-state index is 8.88. The summed E-state index contributed by atoms with van der Waals surface area (Å²) in [5, 5.41) is 9.53. The first-order chi connectivity index (χ1) is 8.20. The van der Waals surface area contributed by atoms with Crippen LogP contribution in [0.4, 0.5) is 0 Å². The molecule has 1 aromatic carbocycles. The van der Waals surface area contributed by atoms with Gasteiger partial charge >= 0.3 is 0 Å². The van der Waals surface area contributed by atoms with Crippen LogP contribution in [-0.4, -0.2) is 17.8 Å². The standard InChI is InChI=1S/C13H14ClNO2.ClH/c14-12-4-2-1-3-11(12)13-6-5-10(17-13)7-9(15)8-16;/h1-6,9,16H,7-8,15H2;1H. The maximum absolute atomic E-state index is 8.88. The highest BCUT2D eigenvalue weighted by atomic mass is 35.5. The fourth-order valence-electron chi connectivity index (χ4n) is 1.62. The van der Waals surface area contributed by atoms with Crippen LogP contribution >= 0.6 is 24.0 Å². The Labute approximate surface area is 117 Å². The van der Waals surface area contributed by atoms with E-state index in [4.69, 9.17) is 26.9 Å². The average Bonchev–Trinajstić information content (AvgIpc) is 2.78. The largest absolute Gasteiger partial charge is 0.461 e. The molecule has 3 nitrogen and oxygen atoms in total. The monoisotopic (exact) mass is 287 g/mol. The Morgan fingerprint density at radius 2 is 1.94 bits per heavy atom. The van der Waals surface area contributed by atoms with E-state index in [2.05, 4.69) is 0 Å². The van der Waals surface area contributed by atoms with Gasteiger partial charge in [0.1, 0.15) is 11.5 Å². The number of rotatable bonds is 4. The SMILES string of the molecule is Cl.NC(CO)Cc1ccc(-c2ccccc2Cl)o1. The van der Waals surface area contributed by atoms with Crippen molar-refractivity contribution in [2.75, 3.05) is 6.61 Å². The first-order valence-electron chi connectivity index (χ1n) is 5.40. The molecule has 3 N–H and O–H groups in total. The third-order valence-corrected chi connectivity index (χ3v) is 2.83. The van der Waals surface area contributed by atoms with Crippen LogP contribution in [0.5, 0.6) is 0 Å². The number of aliphatic hydroxyl groups excluding tert-OH is 1. The number of hydrogen-bond acceptors (Lipinski definition) is 3. The zero-order chi connectivity index (χ0) is 12.3. The van der Waals surface area contributed by atoms with Crippen molar-refractivity contribution in [3.05, 3.63) is 47.2 Å². The molecule has 0 saturated heterocycles. The summed E-state index contributed by atoms with van der Waals surface area (Å²) in [5.41, 5.74) is 6.51. The molecule has 0 fully saturated rings. The third-order valence-electron chi connectivity index (χ3n) is 2.50. The van der Waals surface area contributed by atoms with Crippen molar-refractivity contribution in [1.82, 2.24) is 0 Å². The Bertz CT molecular complexity index is 499. The first kappa shape index (κ1) is 15.1. The van der Waals surface area contributed by atoms with Crippen LogP contribution in [0.3, 0.4) is 0 Å². The van der Waals surface area contributed by atoms with Gasteiger partial charge in [-0.1, -0.05) is 23.7 Å². The van der Waals surface area contributed by atoms with Crippen LogP contribution in [0.25, 0.3) is 11.3 Å². The molecular weight excluding hydrogens is 273 g/mol. The van der Waals surface area contributed by atoms with Gasteiger partial charge in [-0.05, 0) is 24.3 Å². The van der Waals surface area contributed by atoms with E-state index in [9.17, 15) is 0 Å². The summed E-state index contributed by atoms with van der Waals surface area (Å²) in [4.78, 5) is 0. The Kier molecular flexibility index (Phi) is 5.69. The minimum atomic E-state index is -0.291. The van der Waals surface area contributed by atoms with Gasteiger partial charge in [0.05, 0.1) is 11.6 Å². The molecule has 1 aromatic heterocycles. The molecule has 0 aliphatic carbocycles. The molecule has 0 spiro atoms. The highest BCUT2D eigenvalue weighted by molar-refractivity contribution is 6.33. The van der Waals surface area contributed by atoms with Crippen molar-refractivity contribution < 1.29 is 9.52 Å². The smallest absolute Gasteiger partial charge is 0.135 e. The van der Waals surface area contributed by atoms with Crippen LogP contribution in [-0.2, 0) is 6.42 Å². The maximum Gasteiger partial charge on any atom is 0.135 e. The molecule has 0 aliphatic rings. The second kappa shape index (κ2) is 6.81. The van der Waals surface area contributed by atoms with Crippen molar-refractivity contribution >= 4 is 24.0 Å². The lowest BCUT2D eigenvalue weighted by molar-refractivity contribution is 0.260. The van der Waals surface area contributed by atoms with Crippen LogP contribution in [0.2, 0.25) is 5.02 Å². The molecule has 5 heteroatoms. The summed E-state index contributed by atoms with van der Waals surface area (Å²) >= 11 is 6.08. The Morgan fingerprint density at radius 1 is 1.22 bits per heavy atom. The van der Waals surface area contributed by atoms with Crippen molar-refractivity contribution in [2.45, 2.75) is 12.5 Å². The summed E-state index contributed by atoms with van der Waals surface area (Å²) in [6, 6.07) is 10.9. The predicted molar refractivity (Wildman–Crippen MR) is 75.2 cm³/mol. The number of furan rings is 1. The zero-order valence-corrected chi connectivity index (χ0v) is 11.2. The Hall–Kier alpha value is -1.00. The van der Waals surface area contributed by atoms with Gasteiger partial charge in [0, 0.05) is 18.0 Å². The summed E-state index contributed by atoms with van der Waals surface area (Å²) in [6.07, 6.45) is 0.515. The minimum Gasteiger partial charge on any atom is -0.461 e. The number of aliphatic hydroxyl groups is 1. The van der Waals surface area contributed by atoms with Crippen molar-refractivity contribution in [3.8, 4) is 11.3 Å². The number of benzene rings is 1. The predicted octanol–water partition coefficient (Wildman–Crippen LogP) is 2.88. The van der Waals surface area contributed by atoms with Crippen molar-refractivity contribution in [2.24, 2.45) is 5.73 Å².